The summed E-state index contributed by atoms with van der Waals surface area (Å²) in [6.07, 6.45) is 3.85. The van der Waals surface area contributed by atoms with Crippen LogP contribution in [0, 0.1) is 5.82 Å². The molecule has 1 aliphatic heterocycles. The van der Waals surface area contributed by atoms with E-state index in [1.54, 1.807) is 12.1 Å². The topological polar surface area (TPSA) is 15.3 Å². The van der Waals surface area contributed by atoms with Gasteiger partial charge in [0.05, 0.1) is 12.4 Å². The highest BCUT2D eigenvalue weighted by molar-refractivity contribution is 9.10. The number of hydrogen-bond acceptors (Lipinski definition) is 2. The summed E-state index contributed by atoms with van der Waals surface area (Å²) in [5, 5.41) is 3.14. The zero-order valence-corrected chi connectivity index (χ0v) is 9.09. The van der Waals surface area contributed by atoms with Gasteiger partial charge >= 0.3 is 0 Å². The molecule has 1 aliphatic rings. The molecule has 1 aromatic rings. The lowest BCUT2D eigenvalue weighted by molar-refractivity contribution is 0.616. The van der Waals surface area contributed by atoms with Gasteiger partial charge < -0.3 is 4.90 Å². The highest BCUT2D eigenvalue weighted by Crippen LogP contribution is 2.24. The molecular formula is C10H10BrFN2. The summed E-state index contributed by atoms with van der Waals surface area (Å²) in [6.45, 7) is 1.48. The fraction of sp³-hybridized carbons (Fsp3) is 0.200. The second-order valence-corrected chi connectivity index (χ2v) is 3.98. The van der Waals surface area contributed by atoms with Gasteiger partial charge in [-0.25, -0.2) is 4.39 Å². The molecule has 14 heavy (non-hydrogen) atoms. The van der Waals surface area contributed by atoms with Crippen LogP contribution in [0.4, 0.5) is 10.1 Å². The van der Waals surface area contributed by atoms with E-state index in [1.165, 1.54) is 6.07 Å². The zero-order chi connectivity index (χ0) is 9.97. The van der Waals surface area contributed by atoms with Crippen molar-refractivity contribution in [3.05, 3.63) is 40.8 Å². The number of anilines is 1. The first kappa shape index (κ1) is 9.68. The molecule has 0 unspecified atom stereocenters. The van der Waals surface area contributed by atoms with Crippen LogP contribution in [0.25, 0.3) is 0 Å². The minimum atomic E-state index is -0.207. The largest absolute Gasteiger partial charge is 0.333 e. The molecule has 0 fully saturated rings. The van der Waals surface area contributed by atoms with Crippen LogP contribution >= 0.6 is 15.9 Å². The minimum absolute atomic E-state index is 0.207. The molecule has 0 saturated carbocycles. The maximum absolute atomic E-state index is 13.4. The van der Waals surface area contributed by atoms with Gasteiger partial charge in [0.1, 0.15) is 5.82 Å². The molecule has 1 aromatic carbocycles. The van der Waals surface area contributed by atoms with Crippen molar-refractivity contribution in [2.75, 3.05) is 18.1 Å². The Balaban J connectivity index is 2.34. The van der Waals surface area contributed by atoms with Gasteiger partial charge in [-0.15, -0.1) is 0 Å². The molecule has 0 radical (unpaired) electrons. The monoisotopic (exact) mass is 256 g/mol. The highest BCUT2D eigenvalue weighted by atomic mass is 79.9. The molecule has 2 rings (SSSR count). The van der Waals surface area contributed by atoms with E-state index in [9.17, 15) is 4.39 Å². The smallest absolute Gasteiger partial charge is 0.146 e. The lowest BCUT2D eigenvalue weighted by Gasteiger charge is -2.24. The van der Waals surface area contributed by atoms with Gasteiger partial charge in [-0.05, 0) is 18.2 Å². The van der Waals surface area contributed by atoms with E-state index in [0.717, 1.165) is 11.0 Å². The van der Waals surface area contributed by atoms with Crippen LogP contribution < -0.4 is 10.2 Å². The minimum Gasteiger partial charge on any atom is -0.333 e. The van der Waals surface area contributed by atoms with Crippen molar-refractivity contribution in [3.63, 3.8) is 0 Å². The number of hydrogen-bond donors (Lipinski definition) is 1. The molecule has 1 heterocycles. The van der Waals surface area contributed by atoms with Crippen LogP contribution in [-0.4, -0.2) is 13.2 Å². The maximum Gasteiger partial charge on any atom is 0.146 e. The second kappa shape index (κ2) is 4.11. The quantitative estimate of drug-likeness (QED) is 0.831. The van der Waals surface area contributed by atoms with E-state index < -0.39 is 0 Å². The van der Waals surface area contributed by atoms with Crippen LogP contribution in [0.1, 0.15) is 0 Å². The van der Waals surface area contributed by atoms with Crippen molar-refractivity contribution in [1.82, 2.24) is 5.32 Å². The summed E-state index contributed by atoms with van der Waals surface area (Å²) in [5.41, 5.74) is 0.586. The molecule has 0 amide bonds. The fourth-order valence-electron chi connectivity index (χ4n) is 1.37. The van der Waals surface area contributed by atoms with Gasteiger partial charge in [0.15, 0.2) is 0 Å². The summed E-state index contributed by atoms with van der Waals surface area (Å²) in [5.74, 6) is -0.207. The number of nitrogens with zero attached hydrogens (tertiary/aromatic N) is 1. The van der Waals surface area contributed by atoms with Gasteiger partial charge in [0.25, 0.3) is 0 Å². The Labute approximate surface area is 90.5 Å². The van der Waals surface area contributed by atoms with E-state index in [-0.39, 0.29) is 5.82 Å². The first-order valence-electron chi connectivity index (χ1n) is 4.36. The lowest BCUT2D eigenvalue weighted by Crippen LogP contribution is -2.34. The van der Waals surface area contributed by atoms with E-state index in [1.807, 2.05) is 17.2 Å². The molecular weight excluding hydrogens is 247 g/mol. The summed E-state index contributed by atoms with van der Waals surface area (Å²) >= 11 is 3.33. The number of nitrogens with one attached hydrogen (secondary N) is 1. The van der Waals surface area contributed by atoms with Crippen LogP contribution in [0.5, 0.6) is 0 Å². The molecule has 0 spiro atoms. The third-order valence-corrected chi connectivity index (χ3v) is 2.54. The van der Waals surface area contributed by atoms with Crippen molar-refractivity contribution < 1.29 is 4.39 Å². The molecule has 0 bridgehead atoms. The van der Waals surface area contributed by atoms with E-state index in [4.69, 9.17) is 0 Å². The average molecular weight is 257 g/mol. The van der Waals surface area contributed by atoms with Crippen LogP contribution in [0.2, 0.25) is 0 Å². The van der Waals surface area contributed by atoms with Gasteiger partial charge in [0.2, 0.25) is 0 Å². The standard InChI is InChI=1S/C10H10BrFN2/c11-8-2-3-9(12)10(6-8)14-5-1-4-13-7-14/h1-3,5-6,13H,4,7H2. The van der Waals surface area contributed by atoms with Crippen LogP contribution in [0.3, 0.4) is 0 Å². The third kappa shape index (κ3) is 1.96. The Kier molecular flexibility index (Phi) is 2.84. The molecule has 0 aromatic heterocycles. The first-order valence-corrected chi connectivity index (χ1v) is 5.16. The number of rotatable bonds is 1. The molecule has 74 valence electrons. The van der Waals surface area contributed by atoms with E-state index in [0.29, 0.717) is 12.4 Å². The van der Waals surface area contributed by atoms with Crippen molar-refractivity contribution >= 4 is 21.6 Å². The summed E-state index contributed by atoms with van der Waals surface area (Å²) in [7, 11) is 0. The number of benzene rings is 1. The summed E-state index contributed by atoms with van der Waals surface area (Å²) in [4.78, 5) is 1.84. The number of halogens is 2. The molecule has 0 saturated heterocycles. The fourth-order valence-corrected chi connectivity index (χ4v) is 1.72. The van der Waals surface area contributed by atoms with Crippen LogP contribution in [-0.2, 0) is 0 Å². The average Bonchev–Trinajstić information content (AvgIpc) is 2.23. The van der Waals surface area contributed by atoms with Crippen LogP contribution in [0.15, 0.2) is 34.9 Å². The van der Waals surface area contributed by atoms with Gasteiger partial charge in [-0.2, -0.15) is 0 Å². The molecule has 0 aliphatic carbocycles. The van der Waals surface area contributed by atoms with Crippen molar-refractivity contribution in [3.8, 4) is 0 Å². The molecule has 1 N–H and O–H groups in total. The summed E-state index contributed by atoms with van der Waals surface area (Å²) < 4.78 is 14.3. The van der Waals surface area contributed by atoms with Crippen molar-refractivity contribution in [1.29, 1.82) is 0 Å². The second-order valence-electron chi connectivity index (χ2n) is 3.06. The Morgan fingerprint density at radius 1 is 1.43 bits per heavy atom. The van der Waals surface area contributed by atoms with E-state index in [2.05, 4.69) is 21.2 Å². The Morgan fingerprint density at radius 2 is 2.29 bits per heavy atom. The van der Waals surface area contributed by atoms with Crippen molar-refractivity contribution in [2.45, 2.75) is 0 Å². The SMILES string of the molecule is Fc1ccc(Br)cc1N1C=CCNC1. The Bertz CT molecular complexity index is 365. The molecule has 0 atom stereocenters. The Morgan fingerprint density at radius 3 is 3.00 bits per heavy atom. The third-order valence-electron chi connectivity index (χ3n) is 2.05. The predicted octanol–water partition coefficient (Wildman–Crippen LogP) is 2.47. The maximum atomic E-state index is 13.4. The van der Waals surface area contributed by atoms with E-state index >= 15 is 0 Å². The first-order chi connectivity index (χ1) is 6.77. The highest BCUT2D eigenvalue weighted by Gasteiger charge is 2.10. The van der Waals surface area contributed by atoms with Gasteiger partial charge in [-0.1, -0.05) is 22.0 Å². The van der Waals surface area contributed by atoms with Gasteiger partial charge in [-0.3, -0.25) is 5.32 Å². The lowest BCUT2D eigenvalue weighted by atomic mass is 10.3. The zero-order valence-electron chi connectivity index (χ0n) is 7.50. The van der Waals surface area contributed by atoms with Crippen molar-refractivity contribution in [2.24, 2.45) is 0 Å². The summed E-state index contributed by atoms with van der Waals surface area (Å²) in [6, 6.07) is 4.93. The predicted molar refractivity (Wildman–Crippen MR) is 58.6 cm³/mol. The Hall–Kier alpha value is -0.870. The van der Waals surface area contributed by atoms with Gasteiger partial charge in [0, 0.05) is 17.2 Å². The molecule has 4 heteroatoms. The normalized spacial score (nSPS) is 16.0. The molecule has 2 nitrogen and oxygen atoms in total.